The minimum absolute atomic E-state index is 0.219. The van der Waals surface area contributed by atoms with E-state index in [4.69, 9.17) is 4.42 Å². The van der Waals surface area contributed by atoms with Gasteiger partial charge in [0.2, 0.25) is 0 Å². The third-order valence-corrected chi connectivity index (χ3v) is 1.81. The fourth-order valence-corrected chi connectivity index (χ4v) is 1.16. The van der Waals surface area contributed by atoms with Crippen LogP contribution in [-0.2, 0) is 0 Å². The van der Waals surface area contributed by atoms with E-state index in [9.17, 15) is 9.18 Å². The molecule has 0 aliphatic rings. The van der Waals surface area contributed by atoms with Gasteiger partial charge in [0, 0.05) is 5.56 Å². The van der Waals surface area contributed by atoms with Crippen LogP contribution < -0.4 is 0 Å². The Morgan fingerprint density at radius 3 is 2.64 bits per heavy atom. The van der Waals surface area contributed by atoms with Gasteiger partial charge >= 0.3 is 0 Å². The van der Waals surface area contributed by atoms with Gasteiger partial charge in [-0.2, -0.15) is 0 Å². The second-order valence-corrected chi connectivity index (χ2v) is 2.69. The molecule has 1 heterocycles. The van der Waals surface area contributed by atoms with Gasteiger partial charge < -0.3 is 4.42 Å². The largest absolute Gasteiger partial charge is 0.443 e. The van der Waals surface area contributed by atoms with Crippen LogP contribution >= 0.6 is 0 Å². The minimum atomic E-state index is -0.332. The van der Waals surface area contributed by atoms with Crippen LogP contribution in [0.3, 0.4) is 0 Å². The van der Waals surface area contributed by atoms with Gasteiger partial charge in [-0.05, 0) is 24.3 Å². The average Bonchev–Trinajstić information content (AvgIpc) is 2.67. The highest BCUT2D eigenvalue weighted by Crippen LogP contribution is 2.21. The quantitative estimate of drug-likeness (QED) is 0.684. The van der Waals surface area contributed by atoms with Gasteiger partial charge in [0.25, 0.3) is 0 Å². The molecule has 0 aliphatic carbocycles. The highest BCUT2D eigenvalue weighted by molar-refractivity contribution is 5.82. The molecule has 0 unspecified atom stereocenters. The fourth-order valence-electron chi connectivity index (χ4n) is 1.16. The molecule has 0 fully saturated rings. The number of benzene rings is 1. The zero-order chi connectivity index (χ0) is 9.97. The van der Waals surface area contributed by atoms with Gasteiger partial charge in [0.05, 0.1) is 0 Å². The number of hydrogen-bond donors (Lipinski definition) is 0. The van der Waals surface area contributed by atoms with Crippen molar-refractivity contribution < 1.29 is 13.6 Å². The van der Waals surface area contributed by atoms with Gasteiger partial charge in [-0.1, -0.05) is 0 Å². The van der Waals surface area contributed by atoms with E-state index in [1.54, 1.807) is 0 Å². The Balaban J connectivity index is 2.49. The summed E-state index contributed by atoms with van der Waals surface area (Å²) in [4.78, 5) is 14.2. The van der Waals surface area contributed by atoms with E-state index in [-0.39, 0.29) is 11.5 Å². The summed E-state index contributed by atoms with van der Waals surface area (Å²) in [5.74, 6) is 0.0286. The van der Waals surface area contributed by atoms with Gasteiger partial charge in [-0.25, -0.2) is 9.37 Å². The van der Waals surface area contributed by atoms with Crippen molar-refractivity contribution in [3.05, 3.63) is 42.2 Å². The molecule has 70 valence electrons. The summed E-state index contributed by atoms with van der Waals surface area (Å²) in [6.07, 6.45) is 1.78. The molecule has 0 radical (unpaired) electrons. The van der Waals surface area contributed by atoms with Crippen molar-refractivity contribution in [3.8, 4) is 11.3 Å². The topological polar surface area (TPSA) is 43.1 Å². The molecule has 14 heavy (non-hydrogen) atoms. The predicted octanol–water partition coefficient (Wildman–Crippen LogP) is 2.29. The first-order valence-corrected chi connectivity index (χ1v) is 3.96. The second-order valence-electron chi connectivity index (χ2n) is 2.69. The smallest absolute Gasteiger partial charge is 0.182 e. The summed E-state index contributed by atoms with van der Waals surface area (Å²) in [7, 11) is 0. The minimum Gasteiger partial charge on any atom is -0.443 e. The second kappa shape index (κ2) is 3.41. The van der Waals surface area contributed by atoms with E-state index in [1.165, 1.54) is 30.7 Å². The molecule has 0 bridgehead atoms. The van der Waals surface area contributed by atoms with Crippen molar-refractivity contribution in [2.24, 2.45) is 0 Å². The molecule has 2 rings (SSSR count). The van der Waals surface area contributed by atoms with Crippen LogP contribution in [0.4, 0.5) is 4.39 Å². The van der Waals surface area contributed by atoms with Crippen molar-refractivity contribution in [3.63, 3.8) is 0 Å². The van der Waals surface area contributed by atoms with Crippen molar-refractivity contribution in [1.82, 2.24) is 4.98 Å². The fraction of sp³-hybridized carbons (Fsp3) is 0. The lowest BCUT2D eigenvalue weighted by Gasteiger charge is -1.95. The summed E-state index contributed by atoms with van der Waals surface area (Å²) in [5, 5.41) is 0. The SMILES string of the molecule is O=Cc1ncoc1-c1ccc(F)cc1. The number of oxazole rings is 1. The third-order valence-electron chi connectivity index (χ3n) is 1.81. The summed E-state index contributed by atoms with van der Waals surface area (Å²) in [5.41, 5.74) is 0.850. The lowest BCUT2D eigenvalue weighted by atomic mass is 10.1. The van der Waals surface area contributed by atoms with Crippen molar-refractivity contribution in [2.75, 3.05) is 0 Å². The summed E-state index contributed by atoms with van der Waals surface area (Å²) >= 11 is 0. The number of nitrogens with zero attached hydrogens (tertiary/aromatic N) is 1. The molecule has 1 aromatic carbocycles. The van der Waals surface area contributed by atoms with E-state index in [1.807, 2.05) is 0 Å². The molecule has 0 atom stereocenters. The summed E-state index contributed by atoms with van der Waals surface area (Å²) in [6, 6.07) is 5.66. The lowest BCUT2D eigenvalue weighted by Crippen LogP contribution is -1.84. The molecule has 0 aliphatic heterocycles. The maximum atomic E-state index is 12.6. The molecular weight excluding hydrogens is 185 g/mol. The van der Waals surface area contributed by atoms with E-state index in [0.717, 1.165) is 0 Å². The van der Waals surface area contributed by atoms with Crippen LogP contribution in [0.5, 0.6) is 0 Å². The molecule has 3 nitrogen and oxygen atoms in total. The van der Waals surface area contributed by atoms with Crippen LogP contribution in [0.25, 0.3) is 11.3 Å². The van der Waals surface area contributed by atoms with Crippen molar-refractivity contribution in [2.45, 2.75) is 0 Å². The molecular formula is C10H6FNO2. The van der Waals surface area contributed by atoms with Gasteiger partial charge in [-0.3, -0.25) is 4.79 Å². The highest BCUT2D eigenvalue weighted by Gasteiger charge is 2.09. The standard InChI is InChI=1S/C10H6FNO2/c11-8-3-1-7(2-4-8)10-9(5-13)12-6-14-10/h1-6H. The summed E-state index contributed by atoms with van der Waals surface area (Å²) < 4.78 is 17.6. The first-order valence-electron chi connectivity index (χ1n) is 3.96. The molecule has 0 amide bonds. The van der Waals surface area contributed by atoms with E-state index < -0.39 is 0 Å². The maximum Gasteiger partial charge on any atom is 0.182 e. The van der Waals surface area contributed by atoms with Crippen LogP contribution in [-0.4, -0.2) is 11.3 Å². The van der Waals surface area contributed by atoms with Gasteiger partial charge in [0.15, 0.2) is 18.4 Å². The molecule has 0 saturated heterocycles. The molecule has 2 aromatic rings. The average molecular weight is 191 g/mol. The molecule has 0 spiro atoms. The number of carbonyl (C=O) groups is 1. The Hall–Kier alpha value is -1.97. The van der Waals surface area contributed by atoms with Crippen molar-refractivity contribution >= 4 is 6.29 Å². The highest BCUT2D eigenvalue weighted by atomic mass is 19.1. The zero-order valence-corrected chi connectivity index (χ0v) is 7.11. The number of hydrogen-bond acceptors (Lipinski definition) is 3. The number of aldehydes is 1. The Labute approximate surface area is 79.2 Å². The maximum absolute atomic E-state index is 12.6. The van der Waals surface area contributed by atoms with Crippen LogP contribution in [0.1, 0.15) is 10.5 Å². The predicted molar refractivity (Wildman–Crippen MR) is 47.3 cm³/mol. The van der Waals surface area contributed by atoms with Gasteiger partial charge in [0.1, 0.15) is 11.5 Å². The number of carbonyl (C=O) groups excluding carboxylic acids is 1. The first kappa shape index (κ1) is 8.62. The Morgan fingerprint density at radius 1 is 1.29 bits per heavy atom. The number of aromatic nitrogens is 1. The van der Waals surface area contributed by atoms with E-state index in [0.29, 0.717) is 17.6 Å². The monoisotopic (exact) mass is 191 g/mol. The molecule has 0 N–H and O–H groups in total. The first-order chi connectivity index (χ1) is 6.81. The lowest BCUT2D eigenvalue weighted by molar-refractivity contribution is 0.112. The normalized spacial score (nSPS) is 10.1. The molecule has 4 heteroatoms. The third kappa shape index (κ3) is 1.42. The van der Waals surface area contributed by atoms with Gasteiger partial charge in [-0.15, -0.1) is 0 Å². The summed E-state index contributed by atoms with van der Waals surface area (Å²) in [6.45, 7) is 0. The van der Waals surface area contributed by atoms with Crippen LogP contribution in [0.2, 0.25) is 0 Å². The molecule has 1 aromatic heterocycles. The molecule has 0 saturated carbocycles. The Bertz CT molecular complexity index is 447. The van der Waals surface area contributed by atoms with E-state index >= 15 is 0 Å². The Kier molecular flexibility index (Phi) is 2.10. The number of halogens is 1. The van der Waals surface area contributed by atoms with Crippen molar-refractivity contribution in [1.29, 1.82) is 0 Å². The van der Waals surface area contributed by atoms with E-state index in [2.05, 4.69) is 4.98 Å². The number of rotatable bonds is 2. The van der Waals surface area contributed by atoms with Crippen LogP contribution in [0, 0.1) is 5.82 Å². The Morgan fingerprint density at radius 2 is 2.00 bits per heavy atom. The van der Waals surface area contributed by atoms with Crippen LogP contribution in [0.15, 0.2) is 35.1 Å². The zero-order valence-electron chi connectivity index (χ0n) is 7.11.